The third-order valence-electron chi connectivity index (χ3n) is 4.12. The molecule has 1 amide bonds. The lowest BCUT2D eigenvalue weighted by atomic mass is 10.2. The van der Waals surface area contributed by atoms with Crippen LogP contribution in [-0.2, 0) is 12.6 Å². The smallest absolute Gasteiger partial charge is 0.433 e. The summed E-state index contributed by atoms with van der Waals surface area (Å²) in [7, 11) is 1.43. The summed E-state index contributed by atoms with van der Waals surface area (Å²) in [5.41, 5.74) is -0.291. The van der Waals surface area contributed by atoms with Gasteiger partial charge >= 0.3 is 6.18 Å². The summed E-state index contributed by atoms with van der Waals surface area (Å²) >= 11 is 5.90. The summed E-state index contributed by atoms with van der Waals surface area (Å²) in [5.74, 6) is 0.0372. The van der Waals surface area contributed by atoms with Gasteiger partial charge in [-0.3, -0.25) is 4.79 Å². The van der Waals surface area contributed by atoms with Gasteiger partial charge in [0.05, 0.1) is 12.7 Å². The second-order valence-electron chi connectivity index (χ2n) is 6.22. The Morgan fingerprint density at radius 3 is 2.67 bits per heavy atom. The van der Waals surface area contributed by atoms with Gasteiger partial charge in [-0.1, -0.05) is 11.6 Å². The van der Waals surface area contributed by atoms with Crippen LogP contribution >= 0.6 is 11.6 Å². The van der Waals surface area contributed by atoms with Crippen molar-refractivity contribution in [3.63, 3.8) is 0 Å². The molecule has 0 atom stereocenters. The van der Waals surface area contributed by atoms with E-state index in [0.717, 1.165) is 18.9 Å². The Morgan fingerprint density at radius 2 is 2.04 bits per heavy atom. The Hall–Kier alpha value is -2.35. The molecule has 1 fully saturated rings. The Kier molecular flexibility index (Phi) is 5.55. The number of alkyl halides is 3. The van der Waals surface area contributed by atoms with Crippen molar-refractivity contribution >= 4 is 17.5 Å². The molecule has 0 aliphatic heterocycles. The van der Waals surface area contributed by atoms with Crippen LogP contribution in [0.2, 0.25) is 5.02 Å². The van der Waals surface area contributed by atoms with Crippen molar-refractivity contribution in [1.82, 2.24) is 15.3 Å². The summed E-state index contributed by atoms with van der Waals surface area (Å²) in [6.45, 7) is 0.0833. The first kappa shape index (κ1) is 19.4. The topological polar surface area (TPSA) is 64.1 Å². The summed E-state index contributed by atoms with van der Waals surface area (Å²) in [6, 6.07) is 5.63. The molecule has 3 rings (SSSR count). The van der Waals surface area contributed by atoms with E-state index >= 15 is 0 Å². The summed E-state index contributed by atoms with van der Waals surface area (Å²) < 4.78 is 44.2. The van der Waals surface area contributed by atoms with Gasteiger partial charge in [0.25, 0.3) is 5.91 Å². The van der Waals surface area contributed by atoms with E-state index in [-0.39, 0.29) is 30.3 Å². The van der Waals surface area contributed by atoms with Crippen LogP contribution in [0, 0.1) is 0 Å². The van der Waals surface area contributed by atoms with E-state index in [4.69, 9.17) is 16.3 Å². The number of amides is 1. The number of hydrogen-bond donors (Lipinski definition) is 1. The molecule has 1 heterocycles. The van der Waals surface area contributed by atoms with Crippen LogP contribution in [0.25, 0.3) is 0 Å². The van der Waals surface area contributed by atoms with Crippen LogP contribution in [-0.4, -0.2) is 29.5 Å². The van der Waals surface area contributed by atoms with Crippen LogP contribution in [0.3, 0.4) is 0 Å². The summed E-state index contributed by atoms with van der Waals surface area (Å²) in [6.07, 6.45) is -2.78. The van der Waals surface area contributed by atoms with E-state index in [0.29, 0.717) is 16.5 Å². The van der Waals surface area contributed by atoms with Gasteiger partial charge in [0.1, 0.15) is 17.3 Å². The molecular formula is C18H17ClF3N3O2. The van der Waals surface area contributed by atoms with E-state index in [1.54, 1.807) is 12.1 Å². The first-order chi connectivity index (χ1) is 12.8. The van der Waals surface area contributed by atoms with Gasteiger partial charge in [-0.05, 0) is 37.1 Å². The maximum Gasteiger partial charge on any atom is 0.433 e. The van der Waals surface area contributed by atoms with E-state index < -0.39 is 17.8 Å². The number of aromatic nitrogens is 2. The van der Waals surface area contributed by atoms with Crippen molar-refractivity contribution in [3.05, 3.63) is 52.1 Å². The third kappa shape index (κ3) is 4.88. The van der Waals surface area contributed by atoms with Crippen LogP contribution in [0.1, 0.15) is 46.3 Å². The molecule has 0 saturated heterocycles. The number of nitrogens with zero attached hydrogens (tertiary/aromatic N) is 2. The first-order valence-electron chi connectivity index (χ1n) is 8.34. The average molecular weight is 400 g/mol. The quantitative estimate of drug-likeness (QED) is 0.797. The highest BCUT2D eigenvalue weighted by molar-refractivity contribution is 6.31. The molecule has 1 aromatic heterocycles. The van der Waals surface area contributed by atoms with Crippen LogP contribution < -0.4 is 10.1 Å². The monoisotopic (exact) mass is 399 g/mol. The largest absolute Gasteiger partial charge is 0.496 e. The molecule has 1 saturated carbocycles. The zero-order valence-corrected chi connectivity index (χ0v) is 15.2. The molecule has 1 aliphatic rings. The molecule has 9 heteroatoms. The minimum Gasteiger partial charge on any atom is -0.496 e. The fourth-order valence-electron chi connectivity index (χ4n) is 2.60. The van der Waals surface area contributed by atoms with Crippen LogP contribution in [0.4, 0.5) is 13.2 Å². The molecule has 0 radical (unpaired) electrons. The van der Waals surface area contributed by atoms with Gasteiger partial charge < -0.3 is 10.1 Å². The number of methoxy groups -OCH3 is 1. The number of carbonyl (C=O) groups is 1. The second kappa shape index (κ2) is 7.72. The normalized spacial score (nSPS) is 14.1. The number of nitrogens with one attached hydrogen (secondary N) is 1. The fraction of sp³-hybridized carbons (Fsp3) is 0.389. The lowest BCUT2D eigenvalue weighted by molar-refractivity contribution is -0.141. The molecule has 27 heavy (non-hydrogen) atoms. The average Bonchev–Trinajstić information content (AvgIpc) is 3.45. The van der Waals surface area contributed by atoms with Gasteiger partial charge in [0, 0.05) is 29.6 Å². The Bertz CT molecular complexity index is 854. The maximum atomic E-state index is 13.0. The zero-order valence-electron chi connectivity index (χ0n) is 14.4. The SMILES string of the molecule is COc1ccc(Cl)cc1C(=O)NCCc1nc(C2CC2)cc(C(F)(F)F)n1. The highest BCUT2D eigenvalue weighted by atomic mass is 35.5. The highest BCUT2D eigenvalue weighted by Gasteiger charge is 2.35. The number of benzene rings is 1. The summed E-state index contributed by atoms with van der Waals surface area (Å²) in [5, 5.41) is 3.00. The Labute approximate surface area is 158 Å². The number of ether oxygens (including phenoxy) is 1. The number of halogens is 4. The van der Waals surface area contributed by atoms with Crippen molar-refractivity contribution in [1.29, 1.82) is 0 Å². The Balaban J connectivity index is 1.69. The van der Waals surface area contributed by atoms with Gasteiger partial charge in [0.15, 0.2) is 0 Å². The second-order valence-corrected chi connectivity index (χ2v) is 6.65. The lowest BCUT2D eigenvalue weighted by Crippen LogP contribution is -2.27. The predicted octanol–water partition coefficient (Wildman–Crippen LogP) is 4.01. The minimum atomic E-state index is -4.53. The predicted molar refractivity (Wildman–Crippen MR) is 93.1 cm³/mol. The van der Waals surface area contributed by atoms with Gasteiger partial charge in [-0.15, -0.1) is 0 Å². The fourth-order valence-corrected chi connectivity index (χ4v) is 2.78. The molecule has 2 aromatic rings. The zero-order chi connectivity index (χ0) is 19.6. The molecule has 1 aliphatic carbocycles. The molecule has 5 nitrogen and oxygen atoms in total. The van der Waals surface area contributed by atoms with Gasteiger partial charge in [0.2, 0.25) is 0 Å². The molecule has 1 aromatic carbocycles. The Morgan fingerprint density at radius 1 is 1.30 bits per heavy atom. The number of hydrogen-bond acceptors (Lipinski definition) is 4. The molecule has 1 N–H and O–H groups in total. The highest BCUT2D eigenvalue weighted by Crippen LogP contribution is 2.40. The van der Waals surface area contributed by atoms with Crippen molar-refractivity contribution in [3.8, 4) is 5.75 Å². The van der Waals surface area contributed by atoms with E-state index in [1.807, 2.05) is 0 Å². The van der Waals surface area contributed by atoms with Crippen molar-refractivity contribution in [2.24, 2.45) is 0 Å². The van der Waals surface area contributed by atoms with Crippen molar-refractivity contribution in [2.45, 2.75) is 31.4 Å². The maximum absolute atomic E-state index is 13.0. The minimum absolute atomic E-state index is 0.0603. The summed E-state index contributed by atoms with van der Waals surface area (Å²) in [4.78, 5) is 20.1. The van der Waals surface area contributed by atoms with Crippen molar-refractivity contribution < 1.29 is 22.7 Å². The van der Waals surface area contributed by atoms with Crippen LogP contribution in [0.15, 0.2) is 24.3 Å². The van der Waals surface area contributed by atoms with Crippen LogP contribution in [0.5, 0.6) is 5.75 Å². The van der Waals surface area contributed by atoms with Crippen molar-refractivity contribution in [2.75, 3.05) is 13.7 Å². The molecule has 0 bridgehead atoms. The molecular weight excluding hydrogens is 383 g/mol. The molecule has 0 spiro atoms. The molecule has 0 unspecified atom stereocenters. The molecule has 144 valence electrons. The van der Waals surface area contributed by atoms with E-state index in [2.05, 4.69) is 15.3 Å². The van der Waals surface area contributed by atoms with E-state index in [1.165, 1.54) is 13.2 Å². The van der Waals surface area contributed by atoms with Gasteiger partial charge in [-0.2, -0.15) is 13.2 Å². The number of carbonyl (C=O) groups excluding carboxylic acids is 1. The first-order valence-corrected chi connectivity index (χ1v) is 8.72. The third-order valence-corrected chi connectivity index (χ3v) is 4.35. The van der Waals surface area contributed by atoms with Gasteiger partial charge in [-0.25, -0.2) is 9.97 Å². The number of rotatable bonds is 6. The lowest BCUT2D eigenvalue weighted by Gasteiger charge is -2.11. The van der Waals surface area contributed by atoms with E-state index in [9.17, 15) is 18.0 Å². The standard InChI is InChI=1S/C18H17ClF3N3O2/c1-27-14-5-4-11(19)8-12(14)17(26)23-7-6-16-24-13(10-2-3-10)9-15(25-16)18(20,21)22/h4-5,8-10H,2-3,6-7H2,1H3,(H,23,26).